The summed E-state index contributed by atoms with van der Waals surface area (Å²) in [5, 5.41) is 3.59. The van der Waals surface area contributed by atoms with E-state index in [-0.39, 0.29) is 6.61 Å². The van der Waals surface area contributed by atoms with Gasteiger partial charge in [-0.1, -0.05) is 26.3 Å². The molecule has 1 aromatic carbocycles. The second-order valence-corrected chi connectivity index (χ2v) is 5.93. The lowest BCUT2D eigenvalue weighted by Gasteiger charge is -2.34. The van der Waals surface area contributed by atoms with Gasteiger partial charge in [0.1, 0.15) is 5.75 Å². The molecule has 0 heterocycles. The maximum absolute atomic E-state index is 10.7. The first-order chi connectivity index (χ1) is 9.54. The average molecular weight is 276 g/mol. The predicted octanol–water partition coefficient (Wildman–Crippen LogP) is 2.79. The third-order valence-electron chi connectivity index (χ3n) is 4.03. The minimum absolute atomic E-state index is 0.0830. The van der Waals surface area contributed by atoms with Crippen molar-refractivity contribution in [3.8, 4) is 5.75 Å². The summed E-state index contributed by atoms with van der Waals surface area (Å²) in [4.78, 5) is 10.7. The van der Waals surface area contributed by atoms with Crippen LogP contribution >= 0.6 is 0 Å². The van der Waals surface area contributed by atoms with Crippen LogP contribution in [-0.4, -0.2) is 18.6 Å². The van der Waals surface area contributed by atoms with Gasteiger partial charge < -0.3 is 15.8 Å². The molecule has 0 radical (unpaired) electrons. The first-order valence-electron chi connectivity index (χ1n) is 7.32. The number of hydrogen-bond donors (Lipinski definition) is 2. The van der Waals surface area contributed by atoms with Crippen LogP contribution in [0.2, 0.25) is 0 Å². The van der Waals surface area contributed by atoms with Crippen molar-refractivity contribution in [2.24, 2.45) is 17.6 Å². The Bertz CT molecular complexity index is 462. The lowest BCUT2D eigenvalue weighted by molar-refractivity contribution is -0.119. The van der Waals surface area contributed by atoms with Gasteiger partial charge in [0.25, 0.3) is 5.91 Å². The van der Waals surface area contributed by atoms with Crippen LogP contribution in [0.3, 0.4) is 0 Å². The standard InChI is InChI=1S/C16H24N2O2/c1-11-6-7-12(2)15(8-11)18-13-4-3-5-14(9-13)20-10-16(17)19/h3-5,9,11-12,15,18H,6-8,10H2,1-2H3,(H2,17,19). The third-order valence-corrected chi connectivity index (χ3v) is 4.03. The molecule has 3 N–H and O–H groups in total. The van der Waals surface area contributed by atoms with Crippen molar-refractivity contribution in [1.29, 1.82) is 0 Å². The van der Waals surface area contributed by atoms with Crippen molar-refractivity contribution < 1.29 is 9.53 Å². The highest BCUT2D eigenvalue weighted by Crippen LogP contribution is 2.31. The summed E-state index contributed by atoms with van der Waals surface area (Å²) >= 11 is 0. The van der Waals surface area contributed by atoms with Crippen LogP contribution in [0.25, 0.3) is 0 Å². The quantitative estimate of drug-likeness (QED) is 0.869. The molecule has 0 aromatic heterocycles. The molecule has 110 valence electrons. The lowest BCUT2D eigenvalue weighted by atomic mass is 9.80. The highest BCUT2D eigenvalue weighted by Gasteiger charge is 2.25. The van der Waals surface area contributed by atoms with Gasteiger partial charge in [-0.25, -0.2) is 0 Å². The van der Waals surface area contributed by atoms with Gasteiger partial charge >= 0.3 is 0 Å². The van der Waals surface area contributed by atoms with Crippen molar-refractivity contribution in [2.75, 3.05) is 11.9 Å². The Morgan fingerprint density at radius 3 is 2.95 bits per heavy atom. The summed E-state index contributed by atoms with van der Waals surface area (Å²) in [5.74, 6) is 1.67. The van der Waals surface area contributed by atoms with Crippen LogP contribution in [0.1, 0.15) is 33.1 Å². The fourth-order valence-electron chi connectivity index (χ4n) is 2.78. The van der Waals surface area contributed by atoms with E-state index in [0.29, 0.717) is 17.7 Å². The smallest absolute Gasteiger partial charge is 0.255 e. The first kappa shape index (κ1) is 14.7. The molecule has 3 atom stereocenters. The van der Waals surface area contributed by atoms with E-state index in [0.717, 1.165) is 11.6 Å². The van der Waals surface area contributed by atoms with Gasteiger partial charge in [-0.2, -0.15) is 0 Å². The van der Waals surface area contributed by atoms with Crippen molar-refractivity contribution >= 4 is 11.6 Å². The molecule has 0 bridgehead atoms. The molecule has 4 nitrogen and oxygen atoms in total. The minimum atomic E-state index is -0.460. The van der Waals surface area contributed by atoms with Crippen molar-refractivity contribution in [3.05, 3.63) is 24.3 Å². The summed E-state index contributed by atoms with van der Waals surface area (Å²) in [6.45, 7) is 4.53. The molecule has 4 heteroatoms. The topological polar surface area (TPSA) is 64.3 Å². The van der Waals surface area contributed by atoms with Crippen molar-refractivity contribution in [1.82, 2.24) is 0 Å². The normalized spacial score (nSPS) is 26.0. The molecule has 2 rings (SSSR count). The summed E-state index contributed by atoms with van der Waals surface area (Å²) in [5.41, 5.74) is 6.12. The summed E-state index contributed by atoms with van der Waals surface area (Å²) in [7, 11) is 0. The summed E-state index contributed by atoms with van der Waals surface area (Å²) in [6.07, 6.45) is 3.80. The third kappa shape index (κ3) is 4.15. The van der Waals surface area contributed by atoms with E-state index in [1.807, 2.05) is 24.3 Å². The summed E-state index contributed by atoms with van der Waals surface area (Å²) in [6, 6.07) is 8.22. The average Bonchev–Trinajstić information content (AvgIpc) is 2.41. The number of ether oxygens (including phenoxy) is 1. The Labute approximate surface area is 120 Å². The largest absolute Gasteiger partial charge is 0.484 e. The number of nitrogens with two attached hydrogens (primary N) is 1. The first-order valence-corrected chi connectivity index (χ1v) is 7.32. The molecule has 3 unspecified atom stereocenters. The molecule has 20 heavy (non-hydrogen) atoms. The monoisotopic (exact) mass is 276 g/mol. The number of carbonyl (C=O) groups is 1. The second kappa shape index (κ2) is 6.64. The van der Waals surface area contributed by atoms with E-state index in [2.05, 4.69) is 19.2 Å². The van der Waals surface area contributed by atoms with Crippen LogP contribution in [0.15, 0.2) is 24.3 Å². The van der Waals surface area contributed by atoms with Crippen LogP contribution in [0, 0.1) is 11.8 Å². The van der Waals surface area contributed by atoms with Crippen LogP contribution in [0.4, 0.5) is 5.69 Å². The minimum Gasteiger partial charge on any atom is -0.484 e. The van der Waals surface area contributed by atoms with Crippen LogP contribution in [-0.2, 0) is 4.79 Å². The van der Waals surface area contributed by atoms with Crippen LogP contribution in [0.5, 0.6) is 5.75 Å². The second-order valence-electron chi connectivity index (χ2n) is 5.93. The molecule has 0 spiro atoms. The van der Waals surface area contributed by atoms with Gasteiger partial charge in [-0.05, 0) is 36.8 Å². The maximum Gasteiger partial charge on any atom is 0.255 e. The van der Waals surface area contributed by atoms with Crippen molar-refractivity contribution in [3.63, 3.8) is 0 Å². The fraction of sp³-hybridized carbons (Fsp3) is 0.562. The molecule has 1 amide bonds. The highest BCUT2D eigenvalue weighted by molar-refractivity contribution is 5.75. The molecule has 1 saturated carbocycles. The van der Waals surface area contributed by atoms with E-state index in [1.54, 1.807) is 0 Å². The predicted molar refractivity (Wildman–Crippen MR) is 80.7 cm³/mol. The Morgan fingerprint density at radius 1 is 1.40 bits per heavy atom. The van der Waals surface area contributed by atoms with E-state index < -0.39 is 5.91 Å². The van der Waals surface area contributed by atoms with Crippen LogP contribution < -0.4 is 15.8 Å². The van der Waals surface area contributed by atoms with E-state index in [9.17, 15) is 4.79 Å². The SMILES string of the molecule is CC1CCC(C)C(Nc2cccc(OCC(N)=O)c2)C1. The zero-order valence-electron chi connectivity index (χ0n) is 12.3. The molecule has 0 saturated heterocycles. The number of hydrogen-bond acceptors (Lipinski definition) is 3. The van der Waals surface area contributed by atoms with Gasteiger partial charge in [0.2, 0.25) is 0 Å². The number of rotatable bonds is 5. The number of carbonyl (C=O) groups excluding carboxylic acids is 1. The highest BCUT2D eigenvalue weighted by atomic mass is 16.5. The number of amides is 1. The molecular weight excluding hydrogens is 252 g/mol. The molecular formula is C16H24N2O2. The van der Waals surface area contributed by atoms with Gasteiger partial charge in [0, 0.05) is 17.8 Å². The van der Waals surface area contributed by atoms with E-state index in [4.69, 9.17) is 10.5 Å². The molecule has 0 aliphatic heterocycles. The van der Waals surface area contributed by atoms with Gasteiger partial charge in [0.05, 0.1) is 0 Å². The molecule has 1 aromatic rings. The fourth-order valence-corrected chi connectivity index (χ4v) is 2.78. The Kier molecular flexibility index (Phi) is 4.88. The Balaban J connectivity index is 1.98. The van der Waals surface area contributed by atoms with Gasteiger partial charge in [-0.3, -0.25) is 4.79 Å². The summed E-state index contributed by atoms with van der Waals surface area (Å²) < 4.78 is 5.33. The number of benzene rings is 1. The number of nitrogens with one attached hydrogen (secondary N) is 1. The Hall–Kier alpha value is -1.71. The maximum atomic E-state index is 10.7. The zero-order chi connectivity index (χ0) is 14.5. The number of primary amides is 1. The van der Waals surface area contributed by atoms with E-state index in [1.165, 1.54) is 19.3 Å². The molecule has 1 aliphatic carbocycles. The van der Waals surface area contributed by atoms with Gasteiger partial charge in [-0.15, -0.1) is 0 Å². The molecule has 1 aliphatic rings. The van der Waals surface area contributed by atoms with E-state index >= 15 is 0 Å². The molecule has 1 fully saturated rings. The Morgan fingerprint density at radius 2 is 2.20 bits per heavy atom. The lowest BCUT2D eigenvalue weighted by Crippen LogP contribution is -2.33. The number of anilines is 1. The van der Waals surface area contributed by atoms with Crippen molar-refractivity contribution in [2.45, 2.75) is 39.2 Å². The zero-order valence-corrected chi connectivity index (χ0v) is 12.3. The van der Waals surface area contributed by atoms with Gasteiger partial charge in [0.15, 0.2) is 6.61 Å².